The van der Waals surface area contributed by atoms with Crippen LogP contribution in [0.25, 0.3) is 0 Å². The number of aromatic nitrogens is 2. The lowest BCUT2D eigenvalue weighted by atomic mass is 10.1. The summed E-state index contributed by atoms with van der Waals surface area (Å²) in [5.74, 6) is 1.64. The highest BCUT2D eigenvalue weighted by Crippen LogP contribution is 2.18. The first-order chi connectivity index (χ1) is 10.3. The summed E-state index contributed by atoms with van der Waals surface area (Å²) in [6.45, 7) is 3.69. The Bertz CT molecular complexity index is 533. The van der Waals surface area contributed by atoms with E-state index in [0.29, 0.717) is 0 Å². The summed E-state index contributed by atoms with van der Waals surface area (Å²) in [5.41, 5.74) is 1.23. The summed E-state index contributed by atoms with van der Waals surface area (Å²) < 4.78 is 5.02. The Morgan fingerprint density at radius 3 is 2.67 bits per heavy atom. The largest absolute Gasteiger partial charge is 0.385 e. The molecule has 0 amide bonds. The van der Waals surface area contributed by atoms with Crippen LogP contribution in [0.3, 0.4) is 0 Å². The number of nitrogens with zero attached hydrogens (tertiary/aromatic N) is 2. The van der Waals surface area contributed by atoms with Gasteiger partial charge in [-0.15, -0.1) is 0 Å². The maximum Gasteiger partial charge on any atom is 0.131 e. The average molecular weight is 286 g/mol. The average Bonchev–Trinajstić information content (AvgIpc) is 2.53. The van der Waals surface area contributed by atoms with Crippen molar-refractivity contribution in [3.8, 4) is 0 Å². The zero-order valence-corrected chi connectivity index (χ0v) is 12.5. The van der Waals surface area contributed by atoms with Crippen LogP contribution in [0.4, 0.5) is 11.6 Å². The van der Waals surface area contributed by atoms with Crippen LogP contribution in [-0.4, -0.2) is 30.2 Å². The van der Waals surface area contributed by atoms with Crippen molar-refractivity contribution in [3.63, 3.8) is 0 Å². The molecule has 0 fully saturated rings. The smallest absolute Gasteiger partial charge is 0.131 e. The van der Waals surface area contributed by atoms with E-state index in [9.17, 15) is 0 Å². The van der Waals surface area contributed by atoms with Crippen molar-refractivity contribution < 1.29 is 4.74 Å². The summed E-state index contributed by atoms with van der Waals surface area (Å²) in [6, 6.07) is 12.4. The van der Waals surface area contributed by atoms with Crippen molar-refractivity contribution in [1.82, 2.24) is 9.97 Å². The minimum Gasteiger partial charge on any atom is -0.385 e. The predicted molar refractivity (Wildman–Crippen MR) is 85.5 cm³/mol. The van der Waals surface area contributed by atoms with Crippen molar-refractivity contribution in [2.75, 3.05) is 30.9 Å². The highest BCUT2D eigenvalue weighted by molar-refractivity contribution is 5.47. The van der Waals surface area contributed by atoms with E-state index in [0.717, 1.165) is 31.2 Å². The van der Waals surface area contributed by atoms with E-state index in [4.69, 9.17) is 4.74 Å². The van der Waals surface area contributed by atoms with E-state index in [1.165, 1.54) is 5.56 Å². The van der Waals surface area contributed by atoms with Gasteiger partial charge in [0.25, 0.3) is 0 Å². The van der Waals surface area contributed by atoms with Gasteiger partial charge in [0.1, 0.15) is 18.0 Å². The second kappa shape index (κ2) is 8.21. The third kappa shape index (κ3) is 5.04. The van der Waals surface area contributed by atoms with Gasteiger partial charge in [-0.25, -0.2) is 9.97 Å². The number of methoxy groups -OCH3 is 1. The summed E-state index contributed by atoms with van der Waals surface area (Å²) >= 11 is 0. The fraction of sp³-hybridized carbons (Fsp3) is 0.375. The van der Waals surface area contributed by atoms with Crippen molar-refractivity contribution in [3.05, 3.63) is 48.3 Å². The molecule has 1 aromatic heterocycles. The lowest BCUT2D eigenvalue weighted by Gasteiger charge is -2.15. The molecule has 2 N–H and O–H groups in total. The van der Waals surface area contributed by atoms with Gasteiger partial charge in [0.15, 0.2) is 0 Å². The zero-order valence-electron chi connectivity index (χ0n) is 12.5. The van der Waals surface area contributed by atoms with Gasteiger partial charge in [-0.3, -0.25) is 0 Å². The molecule has 112 valence electrons. The van der Waals surface area contributed by atoms with Crippen LogP contribution in [0.1, 0.15) is 24.9 Å². The number of hydrogen-bond donors (Lipinski definition) is 2. The Hall–Kier alpha value is -2.14. The van der Waals surface area contributed by atoms with E-state index in [1.54, 1.807) is 13.4 Å². The Kier molecular flexibility index (Phi) is 5.97. The third-order valence-electron chi connectivity index (χ3n) is 3.16. The van der Waals surface area contributed by atoms with Gasteiger partial charge in [-0.2, -0.15) is 0 Å². The molecule has 2 rings (SSSR count). The normalized spacial score (nSPS) is 11.9. The lowest BCUT2D eigenvalue weighted by molar-refractivity contribution is 0.198. The minimum atomic E-state index is 0.197. The first-order valence-corrected chi connectivity index (χ1v) is 7.16. The Labute approximate surface area is 125 Å². The molecule has 0 radical (unpaired) electrons. The molecule has 21 heavy (non-hydrogen) atoms. The van der Waals surface area contributed by atoms with Gasteiger partial charge in [0, 0.05) is 32.4 Å². The standard InChI is InChI=1S/C16H22N4O/c1-13(14-7-4-3-5-8-14)20-16-11-15(18-12-19-16)17-9-6-10-21-2/h3-5,7-8,11-13H,6,9-10H2,1-2H3,(H2,17,18,19,20). The van der Waals surface area contributed by atoms with E-state index < -0.39 is 0 Å². The van der Waals surface area contributed by atoms with Crippen LogP contribution in [-0.2, 0) is 4.74 Å². The number of ether oxygens (including phenoxy) is 1. The molecule has 0 saturated heterocycles. The molecule has 0 aliphatic heterocycles. The number of hydrogen-bond acceptors (Lipinski definition) is 5. The molecule has 0 bridgehead atoms. The number of nitrogens with one attached hydrogen (secondary N) is 2. The van der Waals surface area contributed by atoms with Crippen molar-refractivity contribution in [2.45, 2.75) is 19.4 Å². The number of anilines is 2. The molecule has 1 unspecified atom stereocenters. The van der Waals surface area contributed by atoms with Gasteiger partial charge in [0.2, 0.25) is 0 Å². The van der Waals surface area contributed by atoms with Crippen molar-refractivity contribution in [1.29, 1.82) is 0 Å². The molecular formula is C16H22N4O. The van der Waals surface area contributed by atoms with E-state index >= 15 is 0 Å². The fourth-order valence-corrected chi connectivity index (χ4v) is 2.01. The monoisotopic (exact) mass is 286 g/mol. The molecule has 5 heteroatoms. The van der Waals surface area contributed by atoms with Crippen molar-refractivity contribution >= 4 is 11.6 Å². The number of benzene rings is 1. The minimum absolute atomic E-state index is 0.197. The van der Waals surface area contributed by atoms with Crippen LogP contribution in [0.15, 0.2) is 42.7 Å². The van der Waals surface area contributed by atoms with Gasteiger partial charge < -0.3 is 15.4 Å². The van der Waals surface area contributed by atoms with Gasteiger partial charge >= 0.3 is 0 Å². The third-order valence-corrected chi connectivity index (χ3v) is 3.16. The summed E-state index contributed by atoms with van der Waals surface area (Å²) in [5, 5.41) is 6.65. The molecule has 1 heterocycles. The molecule has 0 aliphatic rings. The first kappa shape index (κ1) is 15.3. The van der Waals surface area contributed by atoms with E-state index in [-0.39, 0.29) is 6.04 Å². The number of rotatable bonds is 8. The zero-order chi connectivity index (χ0) is 14.9. The van der Waals surface area contributed by atoms with Crippen LogP contribution < -0.4 is 10.6 Å². The van der Waals surface area contributed by atoms with E-state index in [1.807, 2.05) is 24.3 Å². The quantitative estimate of drug-likeness (QED) is 0.730. The van der Waals surface area contributed by atoms with Crippen LogP contribution in [0.2, 0.25) is 0 Å². The highest BCUT2D eigenvalue weighted by Gasteiger charge is 2.06. The summed E-state index contributed by atoms with van der Waals surface area (Å²) in [6.07, 6.45) is 2.52. The Morgan fingerprint density at radius 2 is 1.90 bits per heavy atom. The van der Waals surface area contributed by atoms with E-state index in [2.05, 4.69) is 39.7 Å². The SMILES string of the molecule is COCCCNc1cc(NC(C)c2ccccc2)ncn1. The van der Waals surface area contributed by atoms with Crippen molar-refractivity contribution in [2.24, 2.45) is 0 Å². The van der Waals surface area contributed by atoms with Gasteiger partial charge in [0.05, 0.1) is 0 Å². The fourth-order valence-electron chi connectivity index (χ4n) is 2.01. The summed E-state index contributed by atoms with van der Waals surface area (Å²) in [7, 11) is 1.71. The maximum absolute atomic E-state index is 5.02. The Morgan fingerprint density at radius 1 is 1.14 bits per heavy atom. The Balaban J connectivity index is 1.91. The molecule has 0 saturated carbocycles. The molecule has 5 nitrogen and oxygen atoms in total. The van der Waals surface area contributed by atoms with Gasteiger partial charge in [-0.05, 0) is 18.9 Å². The topological polar surface area (TPSA) is 59.1 Å². The molecule has 2 aromatic rings. The molecule has 0 aliphatic carbocycles. The van der Waals surface area contributed by atoms with Crippen LogP contribution in [0.5, 0.6) is 0 Å². The van der Waals surface area contributed by atoms with Gasteiger partial charge in [-0.1, -0.05) is 30.3 Å². The lowest BCUT2D eigenvalue weighted by Crippen LogP contribution is -2.10. The molecule has 1 atom stereocenters. The molecule has 0 spiro atoms. The van der Waals surface area contributed by atoms with Crippen LogP contribution in [0, 0.1) is 0 Å². The first-order valence-electron chi connectivity index (χ1n) is 7.16. The second-order valence-corrected chi connectivity index (χ2v) is 4.84. The van der Waals surface area contributed by atoms with Crippen LogP contribution >= 0.6 is 0 Å². The maximum atomic E-state index is 5.02. The molecule has 1 aromatic carbocycles. The molecular weight excluding hydrogens is 264 g/mol. The summed E-state index contributed by atoms with van der Waals surface area (Å²) in [4.78, 5) is 8.48. The second-order valence-electron chi connectivity index (χ2n) is 4.84. The predicted octanol–water partition coefficient (Wildman–Crippen LogP) is 3.10. The highest BCUT2D eigenvalue weighted by atomic mass is 16.5.